The summed E-state index contributed by atoms with van der Waals surface area (Å²) in [5, 5.41) is 8.86. The Bertz CT molecular complexity index is 1550. The Labute approximate surface area is 223 Å². The molecule has 2 aromatic heterocycles. The van der Waals surface area contributed by atoms with Gasteiger partial charge >= 0.3 is 6.01 Å². The van der Waals surface area contributed by atoms with E-state index in [0.717, 1.165) is 59.0 Å². The molecule has 0 saturated heterocycles. The predicted octanol–water partition coefficient (Wildman–Crippen LogP) is 5.71. The summed E-state index contributed by atoms with van der Waals surface area (Å²) >= 11 is 0. The predicted molar refractivity (Wildman–Crippen MR) is 149 cm³/mol. The summed E-state index contributed by atoms with van der Waals surface area (Å²) < 4.78 is 7.09. The van der Waals surface area contributed by atoms with Crippen LogP contribution in [0.3, 0.4) is 0 Å². The molecule has 0 spiro atoms. The Morgan fingerprint density at radius 2 is 1.92 bits per heavy atom. The largest absolute Gasteiger partial charge is 0.467 e. The summed E-state index contributed by atoms with van der Waals surface area (Å²) in [5.41, 5.74) is 6.33. The van der Waals surface area contributed by atoms with Crippen LogP contribution in [0.1, 0.15) is 67.1 Å². The molecule has 1 atom stereocenters. The van der Waals surface area contributed by atoms with Crippen LogP contribution in [0.5, 0.6) is 6.01 Å². The van der Waals surface area contributed by atoms with E-state index in [1.807, 2.05) is 48.1 Å². The Balaban J connectivity index is 1.49. The number of rotatable bonds is 6. The first-order valence-electron chi connectivity index (χ1n) is 12.9. The number of amides is 1. The first-order chi connectivity index (χ1) is 18.5. The minimum Gasteiger partial charge on any atom is -0.467 e. The average Bonchev–Trinajstić information content (AvgIpc) is 3.40. The van der Waals surface area contributed by atoms with Gasteiger partial charge in [-0.05, 0) is 63.3 Å². The van der Waals surface area contributed by atoms with Crippen molar-refractivity contribution in [2.75, 3.05) is 7.11 Å². The lowest BCUT2D eigenvalue weighted by Crippen LogP contribution is -2.36. The van der Waals surface area contributed by atoms with Crippen molar-refractivity contribution < 1.29 is 9.53 Å². The number of carbonyl (C=O) groups is 1. The van der Waals surface area contributed by atoms with Gasteiger partial charge in [0, 0.05) is 28.8 Å². The third-order valence-electron chi connectivity index (χ3n) is 7.16. The summed E-state index contributed by atoms with van der Waals surface area (Å²) in [6, 6.07) is 14.2. The van der Waals surface area contributed by atoms with E-state index >= 15 is 0 Å². The second-order valence-corrected chi connectivity index (χ2v) is 9.61. The van der Waals surface area contributed by atoms with E-state index in [4.69, 9.17) is 9.84 Å². The molecule has 4 aromatic rings. The number of nitrogens with one attached hydrogen (secondary N) is 1. The fourth-order valence-corrected chi connectivity index (χ4v) is 4.99. The van der Waals surface area contributed by atoms with Gasteiger partial charge in [-0.3, -0.25) is 9.48 Å². The number of nitrogens with zero attached hydrogens (tertiary/aromatic N) is 4. The lowest BCUT2D eigenvalue weighted by atomic mass is 9.91. The maximum Gasteiger partial charge on any atom is 0.316 e. The molecule has 1 aliphatic carbocycles. The minimum atomic E-state index is -0.115. The van der Waals surface area contributed by atoms with E-state index in [1.54, 1.807) is 13.3 Å². The fraction of sp³-hybridized carbons (Fsp3) is 0.290. The number of allylic oxidation sites excluding steroid dienone is 1. The van der Waals surface area contributed by atoms with Gasteiger partial charge in [0.25, 0.3) is 5.91 Å². The molecule has 7 nitrogen and oxygen atoms in total. The zero-order chi connectivity index (χ0) is 26.6. The van der Waals surface area contributed by atoms with Crippen LogP contribution in [-0.2, 0) is 0 Å². The second kappa shape index (κ2) is 10.9. The molecule has 2 heterocycles. The highest BCUT2D eigenvalue weighted by atomic mass is 16.5. The molecule has 192 valence electrons. The molecule has 2 aromatic carbocycles. The third-order valence-corrected chi connectivity index (χ3v) is 7.16. The van der Waals surface area contributed by atoms with Crippen molar-refractivity contribution in [3.8, 4) is 29.1 Å². The van der Waals surface area contributed by atoms with Crippen LogP contribution in [0.25, 0.3) is 22.2 Å². The Morgan fingerprint density at radius 1 is 1.16 bits per heavy atom. The van der Waals surface area contributed by atoms with E-state index in [1.165, 1.54) is 5.57 Å². The quantitative estimate of drug-likeness (QED) is 0.268. The van der Waals surface area contributed by atoms with E-state index in [2.05, 4.69) is 52.8 Å². The first kappa shape index (κ1) is 25.2. The van der Waals surface area contributed by atoms with Gasteiger partial charge in [-0.15, -0.1) is 5.92 Å². The summed E-state index contributed by atoms with van der Waals surface area (Å²) in [6.07, 6.45) is 7.26. The normalized spacial score (nSPS) is 14.6. The lowest BCUT2D eigenvalue weighted by molar-refractivity contribution is 0.0931. The number of aromatic nitrogens is 4. The number of hydrogen-bond acceptors (Lipinski definition) is 5. The summed E-state index contributed by atoms with van der Waals surface area (Å²) in [4.78, 5) is 22.0. The van der Waals surface area contributed by atoms with Crippen molar-refractivity contribution in [3.63, 3.8) is 0 Å². The molecule has 0 radical (unpaired) electrons. The smallest absolute Gasteiger partial charge is 0.316 e. The van der Waals surface area contributed by atoms with Gasteiger partial charge in [-0.25, -0.2) is 4.98 Å². The Kier molecular flexibility index (Phi) is 7.23. The monoisotopic (exact) mass is 505 g/mol. The van der Waals surface area contributed by atoms with Gasteiger partial charge in [-0.1, -0.05) is 42.3 Å². The van der Waals surface area contributed by atoms with Crippen molar-refractivity contribution >= 4 is 16.8 Å². The molecule has 0 unspecified atom stereocenters. The number of benzene rings is 2. The van der Waals surface area contributed by atoms with E-state index < -0.39 is 0 Å². The van der Waals surface area contributed by atoms with Gasteiger partial charge in [-0.2, -0.15) is 10.1 Å². The highest BCUT2D eigenvalue weighted by molar-refractivity contribution is 6.07. The molecular weight excluding hydrogens is 474 g/mol. The van der Waals surface area contributed by atoms with Gasteiger partial charge in [0.1, 0.15) is 0 Å². The van der Waals surface area contributed by atoms with E-state index in [0.29, 0.717) is 11.6 Å². The number of ether oxygens (including phenoxy) is 1. The molecule has 1 aliphatic rings. The van der Waals surface area contributed by atoms with Crippen molar-refractivity contribution in [1.82, 2.24) is 25.1 Å². The highest BCUT2D eigenvalue weighted by Gasteiger charge is 2.23. The number of methoxy groups -OCH3 is 1. The topological polar surface area (TPSA) is 81.9 Å². The van der Waals surface area contributed by atoms with Crippen molar-refractivity contribution in [2.24, 2.45) is 0 Å². The molecule has 1 fully saturated rings. The van der Waals surface area contributed by atoms with Crippen LogP contribution in [0.15, 0.2) is 67.0 Å². The molecule has 38 heavy (non-hydrogen) atoms. The number of carbonyl (C=O) groups excluding carboxylic acids is 1. The Morgan fingerprint density at radius 3 is 2.63 bits per heavy atom. The summed E-state index contributed by atoms with van der Waals surface area (Å²) in [5.74, 6) is 6.06. The van der Waals surface area contributed by atoms with Crippen LogP contribution >= 0.6 is 0 Å². The van der Waals surface area contributed by atoms with E-state index in [9.17, 15) is 4.79 Å². The average molecular weight is 506 g/mol. The molecule has 0 bridgehead atoms. The maximum atomic E-state index is 13.5. The number of fused-ring (bicyclic) bond motifs is 1. The van der Waals surface area contributed by atoms with Gasteiger partial charge < -0.3 is 10.1 Å². The van der Waals surface area contributed by atoms with Crippen molar-refractivity contribution in [1.29, 1.82) is 0 Å². The zero-order valence-electron chi connectivity index (χ0n) is 22.0. The molecule has 1 N–H and O–H groups in total. The van der Waals surface area contributed by atoms with E-state index in [-0.39, 0.29) is 18.0 Å². The SMILES string of the molecule is C=C1CCC(NC(=O)c2ccc(C#CC)c3cnn([C@@H](C)c4ccc(-c5ccnc(OC)n5)cc4)c23)CC1. The molecule has 1 amide bonds. The molecule has 7 heteroatoms. The second-order valence-electron chi connectivity index (χ2n) is 9.61. The zero-order valence-corrected chi connectivity index (χ0v) is 22.0. The van der Waals surface area contributed by atoms with Gasteiger partial charge in [0.2, 0.25) is 0 Å². The minimum absolute atomic E-state index is 0.0782. The van der Waals surface area contributed by atoms with Gasteiger partial charge in [0.05, 0.1) is 36.1 Å². The molecule has 1 saturated carbocycles. The van der Waals surface area contributed by atoms with Crippen LogP contribution in [-0.4, -0.2) is 38.8 Å². The lowest BCUT2D eigenvalue weighted by Gasteiger charge is -2.24. The highest BCUT2D eigenvalue weighted by Crippen LogP contribution is 2.30. The third kappa shape index (κ3) is 5.03. The fourth-order valence-electron chi connectivity index (χ4n) is 4.99. The Hall–Kier alpha value is -4.44. The van der Waals surface area contributed by atoms with Crippen LogP contribution in [0, 0.1) is 11.8 Å². The van der Waals surface area contributed by atoms with Crippen LogP contribution in [0.4, 0.5) is 0 Å². The molecular formula is C31H31N5O2. The first-order valence-corrected chi connectivity index (χ1v) is 12.9. The molecule has 5 rings (SSSR count). The summed E-state index contributed by atoms with van der Waals surface area (Å²) in [6.45, 7) is 7.98. The van der Waals surface area contributed by atoms with Gasteiger partial charge in [0.15, 0.2) is 0 Å². The van der Waals surface area contributed by atoms with Crippen LogP contribution < -0.4 is 10.1 Å². The van der Waals surface area contributed by atoms with Crippen molar-refractivity contribution in [3.05, 3.63) is 83.7 Å². The summed E-state index contributed by atoms with van der Waals surface area (Å²) in [7, 11) is 1.55. The van der Waals surface area contributed by atoms with Crippen LogP contribution in [0.2, 0.25) is 0 Å². The number of hydrogen-bond donors (Lipinski definition) is 1. The standard InChI is InChI=1S/C31H31N5O2/c1-5-6-23-13-16-26(30(37)34-25-14-7-20(2)8-15-25)29-27(23)19-33-36(29)21(3)22-9-11-24(12-10-22)28-17-18-32-31(35-28)38-4/h9-13,16-19,21,25H,2,7-8,14-15H2,1,3-4H3,(H,34,37)/t21-/m0/s1. The van der Waals surface area contributed by atoms with Crippen molar-refractivity contribution in [2.45, 2.75) is 51.6 Å². The molecule has 0 aliphatic heterocycles. The maximum absolute atomic E-state index is 13.5.